The molecule has 2 N–H and O–H groups in total. The van der Waals surface area contributed by atoms with Gasteiger partial charge in [-0.15, -0.1) is 0 Å². The summed E-state index contributed by atoms with van der Waals surface area (Å²) < 4.78 is 24.1. The van der Waals surface area contributed by atoms with Crippen molar-refractivity contribution in [1.82, 2.24) is 9.55 Å². The fourth-order valence-corrected chi connectivity index (χ4v) is 3.80. The monoisotopic (exact) mass is 441 g/mol. The van der Waals surface area contributed by atoms with E-state index in [-0.39, 0.29) is 42.4 Å². The molecule has 1 aromatic carbocycles. The number of benzene rings is 1. The number of ether oxygens (including phenoxy) is 4. The summed E-state index contributed by atoms with van der Waals surface area (Å²) in [4.78, 5) is 16.8. The highest BCUT2D eigenvalue weighted by molar-refractivity contribution is 5.90. The van der Waals surface area contributed by atoms with E-state index in [0.717, 1.165) is 29.7 Å². The van der Waals surface area contributed by atoms with E-state index in [0.29, 0.717) is 32.1 Å². The van der Waals surface area contributed by atoms with Crippen LogP contribution in [0.1, 0.15) is 18.9 Å². The molecule has 9 nitrogen and oxygen atoms in total. The molecule has 170 valence electrons. The number of rotatable bonds is 7. The van der Waals surface area contributed by atoms with Crippen LogP contribution in [0, 0.1) is 5.41 Å². The Morgan fingerprint density at radius 1 is 1.34 bits per heavy atom. The third kappa shape index (κ3) is 5.35. The van der Waals surface area contributed by atoms with Crippen LogP contribution >= 0.6 is 0 Å². The predicted octanol–water partition coefficient (Wildman–Crippen LogP) is 2.51. The summed E-state index contributed by atoms with van der Waals surface area (Å²) in [5.41, 5.74) is 2.63. The van der Waals surface area contributed by atoms with Gasteiger partial charge in [-0.2, -0.15) is 4.98 Å². The molecule has 0 bridgehead atoms. The van der Waals surface area contributed by atoms with Crippen molar-refractivity contribution in [2.24, 2.45) is 0 Å². The Balaban J connectivity index is 1.55. The molecule has 3 heterocycles. The molecule has 0 spiro atoms. The number of hydrogen-bond acceptors (Lipinski definition) is 8. The van der Waals surface area contributed by atoms with Gasteiger partial charge in [-0.3, -0.25) is 4.57 Å². The van der Waals surface area contributed by atoms with Gasteiger partial charge in [0, 0.05) is 23.9 Å². The molecule has 1 aromatic heterocycles. The second-order valence-corrected chi connectivity index (χ2v) is 7.82. The van der Waals surface area contributed by atoms with Gasteiger partial charge in [0.1, 0.15) is 30.8 Å². The molecule has 0 saturated carbocycles. The molecular formula is C23H27N3O6. The number of aromatic nitrogens is 2. The molecule has 32 heavy (non-hydrogen) atoms. The van der Waals surface area contributed by atoms with E-state index in [2.05, 4.69) is 4.98 Å². The molecule has 1 atom stereocenters. The van der Waals surface area contributed by atoms with Gasteiger partial charge < -0.3 is 29.5 Å². The molecule has 0 amide bonds. The highest BCUT2D eigenvalue weighted by atomic mass is 16.6. The first-order valence-electron chi connectivity index (χ1n) is 10.6. The molecule has 4 rings (SSSR count). The summed E-state index contributed by atoms with van der Waals surface area (Å²) in [5, 5.41) is 17.2. The summed E-state index contributed by atoms with van der Waals surface area (Å²) in [7, 11) is 0. The van der Waals surface area contributed by atoms with E-state index < -0.39 is 0 Å². The molecule has 2 aromatic rings. The van der Waals surface area contributed by atoms with E-state index in [4.69, 9.17) is 24.4 Å². The van der Waals surface area contributed by atoms with Crippen molar-refractivity contribution in [1.29, 1.82) is 5.41 Å². The average Bonchev–Trinajstić information content (AvgIpc) is 2.96. The Labute approximate surface area is 185 Å². The van der Waals surface area contributed by atoms with Crippen LogP contribution < -0.4 is 15.2 Å². The lowest BCUT2D eigenvalue weighted by atomic mass is 10.0. The fourth-order valence-electron chi connectivity index (χ4n) is 3.80. The minimum atomic E-state index is -0.344. The molecule has 1 unspecified atom stereocenters. The third-order valence-corrected chi connectivity index (χ3v) is 5.24. The largest absolute Gasteiger partial charge is 0.509 e. The van der Waals surface area contributed by atoms with Crippen LogP contribution in [0.15, 0.2) is 40.9 Å². The third-order valence-electron chi connectivity index (χ3n) is 5.24. The number of hydrogen-bond donors (Lipinski definition) is 2. The first kappa shape index (κ1) is 22.0. The summed E-state index contributed by atoms with van der Waals surface area (Å²) in [6.45, 7) is 3.96. The second kappa shape index (κ2) is 9.97. The van der Waals surface area contributed by atoms with Crippen LogP contribution in [0.25, 0.3) is 11.3 Å². The molecule has 9 heteroatoms. The predicted molar refractivity (Wildman–Crippen MR) is 118 cm³/mol. The summed E-state index contributed by atoms with van der Waals surface area (Å²) in [6, 6.07) is 7.43. The van der Waals surface area contributed by atoms with Gasteiger partial charge in [0.2, 0.25) is 5.88 Å². The fraction of sp³-hybridized carbons (Fsp3) is 0.435. The molecule has 2 aliphatic heterocycles. The molecular weight excluding hydrogens is 414 g/mol. The molecule has 2 aliphatic rings. The Morgan fingerprint density at radius 3 is 3.00 bits per heavy atom. The number of aliphatic hydroxyl groups is 1. The number of allylic oxidation sites excluding steroid dienone is 1. The summed E-state index contributed by atoms with van der Waals surface area (Å²) in [6.07, 6.45) is 2.74. The lowest BCUT2D eigenvalue weighted by Crippen LogP contribution is -2.34. The van der Waals surface area contributed by atoms with Crippen molar-refractivity contribution in [3.63, 3.8) is 0 Å². The van der Waals surface area contributed by atoms with Crippen molar-refractivity contribution in [2.75, 3.05) is 33.0 Å². The lowest BCUT2D eigenvalue weighted by Gasteiger charge is -2.22. The standard InChI is InChI=1S/C23H27N3O6/c1-15(24)9-17(27)12-31-18-4-5-20-16(10-18)3-2-6-26-21(20)11-22(25-23(26)28)32-14-19-13-29-7-8-30-19/h4-5,9-11,19,24,27H,2-3,6-8,12-14H2,1H3/b17-9-,24-15?. The van der Waals surface area contributed by atoms with Crippen molar-refractivity contribution >= 4 is 5.71 Å². The van der Waals surface area contributed by atoms with Crippen LogP contribution in [0.2, 0.25) is 0 Å². The van der Waals surface area contributed by atoms with Crippen LogP contribution in [-0.4, -0.2) is 59.5 Å². The number of nitrogens with one attached hydrogen (secondary N) is 1. The van der Waals surface area contributed by atoms with Crippen LogP contribution in [0.3, 0.4) is 0 Å². The zero-order chi connectivity index (χ0) is 22.5. The van der Waals surface area contributed by atoms with E-state index in [1.807, 2.05) is 12.1 Å². The van der Waals surface area contributed by atoms with Gasteiger partial charge in [0.25, 0.3) is 0 Å². The zero-order valence-corrected chi connectivity index (χ0v) is 18.0. The maximum absolute atomic E-state index is 12.7. The van der Waals surface area contributed by atoms with Crippen molar-refractivity contribution in [3.8, 4) is 22.9 Å². The van der Waals surface area contributed by atoms with Crippen molar-refractivity contribution < 1.29 is 24.1 Å². The summed E-state index contributed by atoms with van der Waals surface area (Å²) >= 11 is 0. The van der Waals surface area contributed by atoms with Gasteiger partial charge in [0.15, 0.2) is 0 Å². The molecule has 0 radical (unpaired) electrons. The smallest absolute Gasteiger partial charge is 0.351 e. The first-order chi connectivity index (χ1) is 15.5. The van der Waals surface area contributed by atoms with Crippen molar-refractivity contribution in [2.45, 2.75) is 32.4 Å². The topological polar surface area (TPSA) is 116 Å². The SMILES string of the molecule is CC(=N)/C=C(\O)COc1ccc2c(c1)CCCn1c-2cc(OCC2COCCO2)nc1=O. The highest BCUT2D eigenvalue weighted by Crippen LogP contribution is 2.32. The number of nitrogens with zero attached hydrogens (tertiary/aromatic N) is 2. The minimum absolute atomic E-state index is 0.00967. The van der Waals surface area contributed by atoms with Gasteiger partial charge in [-0.25, -0.2) is 4.79 Å². The zero-order valence-electron chi connectivity index (χ0n) is 18.0. The highest BCUT2D eigenvalue weighted by Gasteiger charge is 2.20. The Bertz CT molecular complexity index is 1070. The normalized spacial score (nSPS) is 18.3. The average molecular weight is 441 g/mol. The van der Waals surface area contributed by atoms with Crippen molar-refractivity contribution in [3.05, 3.63) is 52.1 Å². The first-order valence-corrected chi connectivity index (χ1v) is 10.6. The second-order valence-electron chi connectivity index (χ2n) is 7.82. The minimum Gasteiger partial charge on any atom is -0.509 e. The molecule has 1 fully saturated rings. The van der Waals surface area contributed by atoms with Gasteiger partial charge in [-0.1, -0.05) is 0 Å². The lowest BCUT2D eigenvalue weighted by molar-refractivity contribution is -0.102. The van der Waals surface area contributed by atoms with E-state index >= 15 is 0 Å². The number of aryl methyl sites for hydroxylation is 1. The van der Waals surface area contributed by atoms with E-state index in [9.17, 15) is 9.90 Å². The number of aliphatic hydroxyl groups excluding tert-OH is 1. The number of fused-ring (bicyclic) bond motifs is 3. The van der Waals surface area contributed by atoms with Gasteiger partial charge in [0.05, 0.1) is 25.5 Å². The van der Waals surface area contributed by atoms with Gasteiger partial charge >= 0.3 is 5.69 Å². The molecule has 1 saturated heterocycles. The summed E-state index contributed by atoms with van der Waals surface area (Å²) in [5.74, 6) is 0.868. The Hall–Kier alpha value is -3.17. The van der Waals surface area contributed by atoms with Crippen LogP contribution in [0.4, 0.5) is 0 Å². The van der Waals surface area contributed by atoms with Crippen LogP contribution in [0.5, 0.6) is 11.6 Å². The molecule has 0 aliphatic carbocycles. The maximum Gasteiger partial charge on any atom is 0.351 e. The van der Waals surface area contributed by atoms with E-state index in [1.165, 1.54) is 6.08 Å². The van der Waals surface area contributed by atoms with Crippen LogP contribution in [-0.2, 0) is 22.4 Å². The quantitative estimate of drug-likeness (QED) is 0.501. The Morgan fingerprint density at radius 2 is 2.22 bits per heavy atom. The van der Waals surface area contributed by atoms with Gasteiger partial charge in [-0.05, 0) is 49.6 Å². The Kier molecular flexibility index (Phi) is 6.87. The maximum atomic E-state index is 12.7. The van der Waals surface area contributed by atoms with E-state index in [1.54, 1.807) is 23.6 Å².